The van der Waals surface area contributed by atoms with Gasteiger partial charge < -0.3 is 34.3 Å². The molecule has 2 N–H and O–H groups in total. The van der Waals surface area contributed by atoms with Gasteiger partial charge in [0, 0.05) is 32.5 Å². The first kappa shape index (κ1) is 22.9. The van der Waals surface area contributed by atoms with Gasteiger partial charge in [0.25, 0.3) is 0 Å². The van der Waals surface area contributed by atoms with Crippen molar-refractivity contribution in [3.05, 3.63) is 0 Å². The van der Waals surface area contributed by atoms with Gasteiger partial charge in [0.05, 0.1) is 32.0 Å². The van der Waals surface area contributed by atoms with Crippen molar-refractivity contribution in [2.75, 3.05) is 39.6 Å². The molecule has 0 aliphatic heterocycles. The Morgan fingerprint density at radius 2 is 1.04 bits per heavy atom. The highest BCUT2D eigenvalue weighted by molar-refractivity contribution is 5.49. The third kappa shape index (κ3) is 14.4. The molecule has 0 bridgehead atoms. The van der Waals surface area contributed by atoms with Crippen LogP contribution in [0, 0.1) is 0 Å². The first-order chi connectivity index (χ1) is 11.7. The van der Waals surface area contributed by atoms with Gasteiger partial charge in [0.15, 0.2) is 0 Å². The van der Waals surface area contributed by atoms with Crippen LogP contribution in [0.25, 0.3) is 0 Å². The second-order valence-corrected chi connectivity index (χ2v) is 5.80. The van der Waals surface area contributed by atoms with Gasteiger partial charge in [-0.15, -0.1) is 0 Å². The Labute approximate surface area is 144 Å². The van der Waals surface area contributed by atoms with Gasteiger partial charge in [0.2, 0.25) is 0 Å². The van der Waals surface area contributed by atoms with Gasteiger partial charge in [-0.25, -0.2) is 0 Å². The maximum absolute atomic E-state index is 10.3. The number of hydrogen-bond donors (Lipinski definition) is 1. The van der Waals surface area contributed by atoms with Crippen molar-refractivity contribution in [3.63, 3.8) is 0 Å². The van der Waals surface area contributed by atoms with Crippen LogP contribution in [0.3, 0.4) is 0 Å². The maximum Gasteiger partial charge on any atom is 0.122 e. The van der Waals surface area contributed by atoms with E-state index in [1.807, 2.05) is 0 Å². The van der Waals surface area contributed by atoms with E-state index in [-0.39, 0.29) is 19.8 Å². The lowest BCUT2D eigenvalue weighted by Crippen LogP contribution is -2.53. The minimum absolute atomic E-state index is 0.240. The third-order valence-electron chi connectivity index (χ3n) is 3.27. The molecular formula is C17H31NO6. The van der Waals surface area contributed by atoms with Crippen LogP contribution in [0.5, 0.6) is 0 Å². The van der Waals surface area contributed by atoms with Crippen molar-refractivity contribution in [2.45, 2.75) is 50.5 Å². The predicted molar refractivity (Wildman–Crippen MR) is 89.9 cm³/mol. The molecule has 0 amide bonds. The SMILES string of the molecule is NC(COCCC=O)(COCCCCC=O)COCCCCC=O. The highest BCUT2D eigenvalue weighted by Gasteiger charge is 2.26. The third-order valence-corrected chi connectivity index (χ3v) is 3.27. The van der Waals surface area contributed by atoms with Gasteiger partial charge in [-0.3, -0.25) is 0 Å². The molecule has 140 valence electrons. The molecule has 0 rings (SSSR count). The van der Waals surface area contributed by atoms with Crippen LogP contribution >= 0.6 is 0 Å². The number of rotatable bonds is 19. The minimum atomic E-state index is -0.780. The Balaban J connectivity index is 4.04. The molecule has 0 aliphatic carbocycles. The standard InChI is InChI=1S/C17H31NO6/c18-17(16-24-13-7-10-21,14-22-11-5-1-3-8-19)15-23-12-6-2-4-9-20/h8-10H,1-7,11-16,18H2. The fourth-order valence-electron chi connectivity index (χ4n) is 1.95. The summed E-state index contributed by atoms with van der Waals surface area (Å²) in [4.78, 5) is 30.8. The monoisotopic (exact) mass is 345 g/mol. The van der Waals surface area contributed by atoms with Gasteiger partial charge in [0.1, 0.15) is 18.9 Å². The summed E-state index contributed by atoms with van der Waals surface area (Å²) >= 11 is 0. The highest BCUT2D eigenvalue weighted by Crippen LogP contribution is 2.07. The summed E-state index contributed by atoms with van der Waals surface area (Å²) in [6, 6.07) is 0. The molecule has 0 spiro atoms. The van der Waals surface area contributed by atoms with Crippen molar-refractivity contribution < 1.29 is 28.6 Å². The van der Waals surface area contributed by atoms with Crippen molar-refractivity contribution >= 4 is 18.9 Å². The Morgan fingerprint density at radius 3 is 1.46 bits per heavy atom. The summed E-state index contributed by atoms with van der Waals surface area (Å²) in [6.45, 7) is 2.18. The van der Waals surface area contributed by atoms with Crippen molar-refractivity contribution in [2.24, 2.45) is 5.73 Å². The molecule has 0 aromatic carbocycles. The topological polar surface area (TPSA) is 105 Å². The molecule has 0 atom stereocenters. The molecule has 0 saturated carbocycles. The van der Waals surface area contributed by atoms with E-state index in [1.54, 1.807) is 0 Å². The molecule has 24 heavy (non-hydrogen) atoms. The summed E-state index contributed by atoms with van der Waals surface area (Å²) in [6.07, 6.45) is 7.18. The summed E-state index contributed by atoms with van der Waals surface area (Å²) in [5.74, 6) is 0. The molecular weight excluding hydrogens is 314 g/mol. The number of carbonyl (C=O) groups is 3. The lowest BCUT2D eigenvalue weighted by Gasteiger charge is -2.29. The van der Waals surface area contributed by atoms with Gasteiger partial charge in [-0.2, -0.15) is 0 Å². The Morgan fingerprint density at radius 1 is 0.625 bits per heavy atom. The Bertz CT molecular complexity index is 304. The zero-order chi connectivity index (χ0) is 17.9. The molecule has 0 fully saturated rings. The lowest BCUT2D eigenvalue weighted by atomic mass is 10.1. The smallest absolute Gasteiger partial charge is 0.122 e. The Hall–Kier alpha value is -1.15. The van der Waals surface area contributed by atoms with Crippen LogP contribution < -0.4 is 5.73 Å². The van der Waals surface area contributed by atoms with E-state index in [2.05, 4.69) is 0 Å². The van der Waals surface area contributed by atoms with Crippen LogP contribution in [0.2, 0.25) is 0 Å². The second kappa shape index (κ2) is 16.7. The quantitative estimate of drug-likeness (QED) is 0.276. The summed E-state index contributed by atoms with van der Waals surface area (Å²) in [7, 11) is 0. The number of carbonyl (C=O) groups excluding carboxylic acids is 3. The first-order valence-electron chi connectivity index (χ1n) is 8.51. The van der Waals surface area contributed by atoms with E-state index >= 15 is 0 Å². The molecule has 0 radical (unpaired) electrons. The summed E-state index contributed by atoms with van der Waals surface area (Å²) < 4.78 is 16.6. The van der Waals surface area contributed by atoms with E-state index in [4.69, 9.17) is 19.9 Å². The van der Waals surface area contributed by atoms with Crippen molar-refractivity contribution in [1.82, 2.24) is 0 Å². The summed E-state index contributed by atoms with van der Waals surface area (Å²) in [5, 5.41) is 0. The number of unbranched alkanes of at least 4 members (excludes halogenated alkanes) is 4. The van der Waals surface area contributed by atoms with Crippen LogP contribution in [0.15, 0.2) is 0 Å². The van der Waals surface area contributed by atoms with E-state index < -0.39 is 5.54 Å². The van der Waals surface area contributed by atoms with E-state index in [1.165, 1.54) is 0 Å². The maximum atomic E-state index is 10.3. The van der Waals surface area contributed by atoms with E-state index in [0.29, 0.717) is 39.1 Å². The van der Waals surface area contributed by atoms with Crippen LogP contribution in [0.4, 0.5) is 0 Å². The lowest BCUT2D eigenvalue weighted by molar-refractivity contribution is -0.109. The molecule has 0 aromatic rings. The molecule has 7 nitrogen and oxygen atoms in total. The molecule has 7 heteroatoms. The van der Waals surface area contributed by atoms with Gasteiger partial charge in [-0.05, 0) is 25.7 Å². The minimum Gasteiger partial charge on any atom is -0.379 e. The normalized spacial score (nSPS) is 11.4. The average molecular weight is 345 g/mol. The van der Waals surface area contributed by atoms with Crippen molar-refractivity contribution in [1.29, 1.82) is 0 Å². The zero-order valence-electron chi connectivity index (χ0n) is 14.5. The van der Waals surface area contributed by atoms with Crippen LogP contribution in [0.1, 0.15) is 44.9 Å². The largest absolute Gasteiger partial charge is 0.379 e. The van der Waals surface area contributed by atoms with Crippen LogP contribution in [-0.2, 0) is 28.6 Å². The highest BCUT2D eigenvalue weighted by atomic mass is 16.5. The molecule has 0 saturated heterocycles. The first-order valence-corrected chi connectivity index (χ1v) is 8.51. The second-order valence-electron chi connectivity index (χ2n) is 5.80. The van der Waals surface area contributed by atoms with Crippen molar-refractivity contribution in [3.8, 4) is 0 Å². The number of hydrogen-bond acceptors (Lipinski definition) is 7. The summed E-state index contributed by atoms with van der Waals surface area (Å²) in [5.41, 5.74) is 5.51. The predicted octanol–water partition coefficient (Wildman–Crippen LogP) is 1.06. The number of ether oxygens (including phenoxy) is 3. The molecule has 0 unspecified atom stereocenters. The Kier molecular flexibility index (Phi) is 15.9. The van der Waals surface area contributed by atoms with Crippen LogP contribution in [-0.4, -0.2) is 64.0 Å². The average Bonchev–Trinajstić information content (AvgIpc) is 2.58. The fourth-order valence-corrected chi connectivity index (χ4v) is 1.95. The van der Waals surface area contributed by atoms with Gasteiger partial charge >= 0.3 is 0 Å². The molecule has 0 aromatic heterocycles. The van der Waals surface area contributed by atoms with E-state index in [0.717, 1.165) is 44.5 Å². The van der Waals surface area contributed by atoms with Gasteiger partial charge in [-0.1, -0.05) is 0 Å². The zero-order valence-corrected chi connectivity index (χ0v) is 14.5. The molecule has 0 heterocycles. The number of nitrogens with two attached hydrogens (primary N) is 1. The fraction of sp³-hybridized carbons (Fsp3) is 0.824. The molecule has 0 aliphatic rings. The van der Waals surface area contributed by atoms with E-state index in [9.17, 15) is 14.4 Å². The number of aldehydes is 3.